The van der Waals surface area contributed by atoms with Crippen LogP contribution in [0.1, 0.15) is 12.8 Å². The lowest BCUT2D eigenvalue weighted by atomic mass is 10.1. The third-order valence-corrected chi connectivity index (χ3v) is 7.72. The van der Waals surface area contributed by atoms with Crippen LogP contribution in [0, 0.1) is 0 Å². The zero-order valence-electron chi connectivity index (χ0n) is 18.4. The molecule has 0 bridgehead atoms. The second-order valence-electron chi connectivity index (χ2n) is 8.34. The van der Waals surface area contributed by atoms with Gasteiger partial charge in [-0.05, 0) is 49.5 Å². The van der Waals surface area contributed by atoms with Crippen LogP contribution in [0.15, 0.2) is 65.6 Å². The molecule has 8 heteroatoms. The summed E-state index contributed by atoms with van der Waals surface area (Å²) in [5.41, 5.74) is 0. The molecule has 0 atom stereocenters. The van der Waals surface area contributed by atoms with Gasteiger partial charge in [-0.1, -0.05) is 42.5 Å². The fraction of sp³-hybridized carbons (Fsp3) is 0.360. The highest BCUT2D eigenvalue weighted by atomic mass is 32.2. The van der Waals surface area contributed by atoms with Crippen LogP contribution in [0.4, 0.5) is 0 Å². The van der Waals surface area contributed by atoms with Crippen molar-refractivity contribution in [1.29, 1.82) is 0 Å². The highest BCUT2D eigenvalue weighted by Gasteiger charge is 2.26. The van der Waals surface area contributed by atoms with Crippen LogP contribution in [-0.2, 0) is 10.0 Å². The van der Waals surface area contributed by atoms with Crippen LogP contribution in [0.25, 0.3) is 10.8 Å². The van der Waals surface area contributed by atoms with Crippen molar-refractivity contribution in [3.8, 4) is 17.2 Å². The molecule has 1 N–H and O–H groups in total. The Kier molecular flexibility index (Phi) is 6.39. The number of hydrogen-bond acceptors (Lipinski definition) is 6. The van der Waals surface area contributed by atoms with E-state index in [1.807, 2.05) is 48.5 Å². The Morgan fingerprint density at radius 3 is 2.58 bits per heavy atom. The van der Waals surface area contributed by atoms with Crippen LogP contribution >= 0.6 is 0 Å². The van der Waals surface area contributed by atoms with Gasteiger partial charge in [0.1, 0.15) is 19.8 Å². The predicted octanol–water partition coefficient (Wildman–Crippen LogP) is 3.43. The van der Waals surface area contributed by atoms with E-state index in [-0.39, 0.29) is 6.04 Å². The van der Waals surface area contributed by atoms with Crippen molar-refractivity contribution in [2.45, 2.75) is 23.8 Å². The number of likely N-dealkylation sites (tertiary alicyclic amines) is 1. The van der Waals surface area contributed by atoms with E-state index in [4.69, 9.17) is 14.2 Å². The number of sulfonamides is 1. The van der Waals surface area contributed by atoms with E-state index in [1.165, 1.54) is 0 Å². The Labute approximate surface area is 194 Å². The second-order valence-corrected chi connectivity index (χ2v) is 10.0. The molecule has 1 fully saturated rings. The molecule has 3 aromatic carbocycles. The molecular formula is C25H28N2O5S. The molecule has 0 radical (unpaired) electrons. The first-order valence-electron chi connectivity index (χ1n) is 11.3. The molecule has 2 aliphatic heterocycles. The highest BCUT2D eigenvalue weighted by molar-refractivity contribution is 7.89. The van der Waals surface area contributed by atoms with E-state index in [0.29, 0.717) is 36.2 Å². The van der Waals surface area contributed by atoms with E-state index in [0.717, 1.165) is 49.0 Å². The average Bonchev–Trinajstić information content (AvgIpc) is 2.85. The van der Waals surface area contributed by atoms with Gasteiger partial charge in [0, 0.05) is 18.0 Å². The molecule has 0 saturated carbocycles. The maximum absolute atomic E-state index is 13.1. The maximum Gasteiger partial charge on any atom is 0.241 e. The molecule has 33 heavy (non-hydrogen) atoms. The fourth-order valence-corrected chi connectivity index (χ4v) is 5.97. The summed E-state index contributed by atoms with van der Waals surface area (Å²) in [5.74, 6) is 2.09. The summed E-state index contributed by atoms with van der Waals surface area (Å²) in [5, 5.41) is 1.67. The predicted molar refractivity (Wildman–Crippen MR) is 127 cm³/mol. The van der Waals surface area contributed by atoms with Gasteiger partial charge >= 0.3 is 0 Å². The minimum Gasteiger partial charge on any atom is -0.488 e. The third kappa shape index (κ3) is 4.93. The standard InChI is InChI=1S/C25H28N2O5S/c28-33(29,24-10-3-6-19-5-1-2-7-21(19)24)26-20-11-13-27(14-12-20)15-16-30-22-8-4-9-23-25(22)32-18-17-31-23/h1-10,20,26H,11-18H2. The van der Waals surface area contributed by atoms with E-state index in [1.54, 1.807) is 12.1 Å². The Bertz CT molecular complexity index is 1220. The number of nitrogens with one attached hydrogen (secondary N) is 1. The normalized spacial score (nSPS) is 17.2. The SMILES string of the molecule is O=S(=O)(NC1CCN(CCOc2cccc3c2OCCO3)CC1)c1cccc2ccccc12. The Hall–Kier alpha value is -2.81. The fourth-order valence-electron chi connectivity index (χ4n) is 4.43. The first-order chi connectivity index (χ1) is 16.1. The lowest BCUT2D eigenvalue weighted by Crippen LogP contribution is -2.45. The largest absolute Gasteiger partial charge is 0.488 e. The van der Waals surface area contributed by atoms with Crippen molar-refractivity contribution in [3.63, 3.8) is 0 Å². The summed E-state index contributed by atoms with van der Waals surface area (Å²) in [4.78, 5) is 2.64. The van der Waals surface area contributed by atoms with Gasteiger partial charge in [0.25, 0.3) is 0 Å². The van der Waals surface area contributed by atoms with Crippen molar-refractivity contribution in [1.82, 2.24) is 9.62 Å². The number of ether oxygens (including phenoxy) is 3. The Morgan fingerprint density at radius 2 is 1.70 bits per heavy atom. The van der Waals surface area contributed by atoms with E-state index in [2.05, 4.69) is 9.62 Å². The van der Waals surface area contributed by atoms with Crippen molar-refractivity contribution in [2.24, 2.45) is 0 Å². The Morgan fingerprint density at radius 1 is 0.939 bits per heavy atom. The van der Waals surface area contributed by atoms with Gasteiger partial charge in [-0.15, -0.1) is 0 Å². The molecule has 174 valence electrons. The maximum atomic E-state index is 13.1. The van der Waals surface area contributed by atoms with Crippen LogP contribution in [0.3, 0.4) is 0 Å². The number of hydrogen-bond donors (Lipinski definition) is 1. The third-order valence-electron chi connectivity index (χ3n) is 6.14. The van der Waals surface area contributed by atoms with Crippen LogP contribution in [-0.4, -0.2) is 58.8 Å². The summed E-state index contributed by atoms with van der Waals surface area (Å²) in [6, 6.07) is 18.6. The first kappa shape index (κ1) is 22.0. The summed E-state index contributed by atoms with van der Waals surface area (Å²) >= 11 is 0. The molecule has 3 aromatic rings. The topological polar surface area (TPSA) is 77.1 Å². The number of nitrogens with zero attached hydrogens (tertiary/aromatic N) is 1. The summed E-state index contributed by atoms with van der Waals surface area (Å²) in [6.45, 7) is 4.02. The quantitative estimate of drug-likeness (QED) is 0.573. The monoisotopic (exact) mass is 468 g/mol. The van der Waals surface area contributed by atoms with Crippen LogP contribution in [0.5, 0.6) is 17.2 Å². The molecule has 0 aliphatic carbocycles. The molecule has 2 heterocycles. The van der Waals surface area contributed by atoms with Gasteiger partial charge in [0.15, 0.2) is 11.5 Å². The lowest BCUT2D eigenvalue weighted by molar-refractivity contribution is 0.149. The Balaban J connectivity index is 1.13. The number of rotatable bonds is 7. The molecule has 0 aromatic heterocycles. The van der Waals surface area contributed by atoms with Gasteiger partial charge in [-0.2, -0.15) is 0 Å². The van der Waals surface area contributed by atoms with Crippen LogP contribution in [0.2, 0.25) is 0 Å². The molecular weight excluding hydrogens is 440 g/mol. The molecule has 5 rings (SSSR count). The number of para-hydroxylation sites is 1. The smallest absolute Gasteiger partial charge is 0.241 e. The molecule has 7 nitrogen and oxygen atoms in total. The average molecular weight is 469 g/mol. The van der Waals surface area contributed by atoms with Crippen molar-refractivity contribution < 1.29 is 22.6 Å². The molecule has 1 saturated heterocycles. The number of fused-ring (bicyclic) bond motifs is 2. The summed E-state index contributed by atoms with van der Waals surface area (Å²) in [7, 11) is -3.58. The minimum absolute atomic E-state index is 0.0715. The summed E-state index contributed by atoms with van der Waals surface area (Å²) < 4.78 is 46.3. The van der Waals surface area contributed by atoms with Crippen molar-refractivity contribution in [2.75, 3.05) is 39.5 Å². The van der Waals surface area contributed by atoms with E-state index >= 15 is 0 Å². The highest BCUT2D eigenvalue weighted by Crippen LogP contribution is 2.38. The van der Waals surface area contributed by atoms with Crippen LogP contribution < -0.4 is 18.9 Å². The number of benzene rings is 3. The zero-order chi connectivity index (χ0) is 22.7. The van der Waals surface area contributed by atoms with Gasteiger partial charge in [0.05, 0.1) is 4.90 Å². The first-order valence-corrected chi connectivity index (χ1v) is 12.8. The molecule has 0 unspecified atom stereocenters. The minimum atomic E-state index is -3.58. The van der Waals surface area contributed by atoms with Crippen molar-refractivity contribution in [3.05, 3.63) is 60.7 Å². The zero-order valence-corrected chi connectivity index (χ0v) is 19.2. The van der Waals surface area contributed by atoms with E-state index < -0.39 is 10.0 Å². The van der Waals surface area contributed by atoms with Gasteiger partial charge < -0.3 is 14.2 Å². The van der Waals surface area contributed by atoms with Crippen molar-refractivity contribution >= 4 is 20.8 Å². The van der Waals surface area contributed by atoms with E-state index in [9.17, 15) is 8.42 Å². The van der Waals surface area contributed by atoms with Gasteiger partial charge in [-0.25, -0.2) is 13.1 Å². The molecule has 2 aliphatic rings. The number of piperidine rings is 1. The molecule has 0 spiro atoms. The van der Waals surface area contributed by atoms with Gasteiger partial charge in [0.2, 0.25) is 15.8 Å². The van der Waals surface area contributed by atoms with Gasteiger partial charge in [-0.3, -0.25) is 4.90 Å². The molecule has 0 amide bonds. The second kappa shape index (κ2) is 9.59. The summed E-state index contributed by atoms with van der Waals surface area (Å²) in [6.07, 6.45) is 1.53. The lowest BCUT2D eigenvalue weighted by Gasteiger charge is -2.32.